The molecule has 0 aromatic carbocycles. The molecule has 0 unspecified atom stereocenters. The second-order valence-electron chi connectivity index (χ2n) is 14.1. The quantitative estimate of drug-likeness (QED) is 0.0354. The molecule has 0 N–H and O–H groups in total. The van der Waals surface area contributed by atoms with Crippen LogP contribution >= 0.6 is 15.6 Å². The molecule has 0 aromatic heterocycles. The average molecular weight is 817 g/mol. The van der Waals surface area contributed by atoms with Crippen molar-refractivity contribution in [1.29, 1.82) is 0 Å². The summed E-state index contributed by atoms with van der Waals surface area (Å²) in [5.41, 5.74) is 0. The van der Waals surface area contributed by atoms with Crippen LogP contribution in [-0.2, 0) is 27.2 Å². The number of hydrogen-bond donors (Lipinski definition) is 0. The molecule has 0 saturated carbocycles. The van der Waals surface area contributed by atoms with Gasteiger partial charge in [-0.25, -0.2) is 0 Å². The summed E-state index contributed by atoms with van der Waals surface area (Å²) in [5.74, 6) is 0. The van der Waals surface area contributed by atoms with Gasteiger partial charge in [-0.15, -0.1) is 0 Å². The van der Waals surface area contributed by atoms with Crippen molar-refractivity contribution in [2.24, 2.45) is 0 Å². The molecule has 0 fully saturated rings. The third-order valence-corrected chi connectivity index (χ3v) is 11.0. The van der Waals surface area contributed by atoms with Crippen LogP contribution in [0, 0.1) is 0 Å². The van der Waals surface area contributed by atoms with Crippen LogP contribution in [0.25, 0.3) is 0 Å². The van der Waals surface area contributed by atoms with Crippen LogP contribution in [0.5, 0.6) is 0 Å². The van der Waals surface area contributed by atoms with E-state index in [2.05, 4.69) is 27.7 Å². The Balaban J connectivity index is -0.000000427. The van der Waals surface area contributed by atoms with E-state index in [4.69, 9.17) is 18.1 Å². The third kappa shape index (κ3) is 55.0. The average Bonchev–Trinajstić information content (AvgIpc) is 3.09. The Labute approximate surface area is 388 Å². The Morgan fingerprint density at radius 3 is 0.596 bits per heavy atom. The molecule has 0 aromatic rings. The SMILES string of the molecule is CCCCCCCCCCOP(=O)([O-])OCCCCCCCCCC.CCCCCCCCCCOP(=O)([O-])OCCCCCCCCCC.[K+].[Na+]. The van der Waals surface area contributed by atoms with E-state index in [1.165, 1.54) is 128 Å². The minimum absolute atomic E-state index is 0. The van der Waals surface area contributed by atoms with Gasteiger partial charge in [-0.1, -0.05) is 207 Å². The normalized spacial score (nSPS) is 11.5. The van der Waals surface area contributed by atoms with Crippen LogP contribution < -0.4 is 90.7 Å². The van der Waals surface area contributed by atoms with Crippen molar-refractivity contribution in [3.8, 4) is 0 Å². The summed E-state index contributed by atoms with van der Waals surface area (Å²) in [6.45, 7) is 9.90. The molecule has 0 rings (SSSR count). The predicted octanol–water partition coefficient (Wildman–Crippen LogP) is 7.55. The van der Waals surface area contributed by atoms with Crippen molar-refractivity contribution in [2.45, 2.75) is 233 Å². The van der Waals surface area contributed by atoms with Crippen molar-refractivity contribution >= 4 is 15.6 Å². The maximum atomic E-state index is 11.6. The van der Waals surface area contributed by atoms with Gasteiger partial charge in [0, 0.05) is 0 Å². The van der Waals surface area contributed by atoms with E-state index in [0.717, 1.165) is 77.0 Å². The minimum Gasteiger partial charge on any atom is -0.756 e. The molecule has 0 bridgehead atoms. The van der Waals surface area contributed by atoms with Gasteiger partial charge in [0.25, 0.3) is 15.6 Å². The number of hydrogen-bond acceptors (Lipinski definition) is 8. The van der Waals surface area contributed by atoms with Crippen LogP contribution in [-0.4, -0.2) is 26.4 Å². The smallest absolute Gasteiger partial charge is 0.756 e. The van der Waals surface area contributed by atoms with E-state index in [-0.39, 0.29) is 107 Å². The summed E-state index contributed by atoms with van der Waals surface area (Å²) in [6, 6.07) is 0. The molecule has 0 heterocycles. The van der Waals surface area contributed by atoms with Gasteiger partial charge in [0.2, 0.25) is 0 Å². The van der Waals surface area contributed by atoms with Gasteiger partial charge in [0.1, 0.15) is 0 Å². The fraction of sp³-hybridized carbons (Fsp3) is 1.00. The second-order valence-corrected chi connectivity index (χ2v) is 16.9. The molecule has 0 aliphatic carbocycles. The van der Waals surface area contributed by atoms with E-state index < -0.39 is 15.6 Å². The van der Waals surface area contributed by atoms with E-state index in [9.17, 15) is 18.9 Å². The fourth-order valence-corrected chi connectivity index (χ4v) is 7.28. The van der Waals surface area contributed by atoms with Gasteiger partial charge in [-0.2, -0.15) is 0 Å². The van der Waals surface area contributed by atoms with Gasteiger partial charge in [0.05, 0.1) is 26.4 Å². The molecule has 52 heavy (non-hydrogen) atoms. The first-order chi connectivity index (χ1) is 24.2. The van der Waals surface area contributed by atoms with Gasteiger partial charge >= 0.3 is 80.9 Å². The van der Waals surface area contributed by atoms with E-state index in [1.807, 2.05) is 0 Å². The number of unbranched alkanes of at least 4 members (excludes halogenated alkanes) is 28. The van der Waals surface area contributed by atoms with Crippen molar-refractivity contribution in [1.82, 2.24) is 0 Å². The van der Waals surface area contributed by atoms with Crippen LogP contribution in [0.15, 0.2) is 0 Å². The van der Waals surface area contributed by atoms with E-state index in [0.29, 0.717) is 0 Å². The molecule has 0 radical (unpaired) electrons. The van der Waals surface area contributed by atoms with Crippen molar-refractivity contribution < 1.29 is 118 Å². The molecule has 0 spiro atoms. The Morgan fingerprint density at radius 1 is 0.308 bits per heavy atom. The van der Waals surface area contributed by atoms with Gasteiger partial charge in [-0.3, -0.25) is 9.13 Å². The van der Waals surface area contributed by atoms with Gasteiger partial charge in [-0.05, 0) is 25.7 Å². The molecule has 304 valence electrons. The molecule has 12 heteroatoms. The first-order valence-corrected chi connectivity index (χ1v) is 24.4. The standard InChI is InChI=1S/2C20H43O4P.K.Na/c2*1-3-5-7-9-11-13-15-17-19-23-25(21,22)24-20-18-16-14-12-10-8-6-4-2;;/h2*3-20H2,1-2H3,(H,21,22);;/q;;2*+1/p-2. The minimum atomic E-state index is -4.08. The number of phosphoric ester groups is 2. The summed E-state index contributed by atoms with van der Waals surface area (Å²) in [4.78, 5) is 23.3. The molecule has 0 aliphatic heterocycles. The summed E-state index contributed by atoms with van der Waals surface area (Å²) in [5, 5.41) is 0. The third-order valence-electron chi connectivity index (χ3n) is 8.99. The summed E-state index contributed by atoms with van der Waals surface area (Å²) in [7, 11) is -8.17. The zero-order valence-electron chi connectivity index (χ0n) is 35.6. The zero-order valence-corrected chi connectivity index (χ0v) is 42.5. The first-order valence-electron chi connectivity index (χ1n) is 21.4. The number of rotatable bonds is 40. The molecule has 0 aliphatic rings. The van der Waals surface area contributed by atoms with Gasteiger partial charge in [0.15, 0.2) is 0 Å². The van der Waals surface area contributed by atoms with Crippen LogP contribution in [0.2, 0.25) is 0 Å². The summed E-state index contributed by atoms with van der Waals surface area (Å²) in [6.07, 6.45) is 37.7. The summed E-state index contributed by atoms with van der Waals surface area (Å²) < 4.78 is 43.0. The Kier molecular flexibility index (Phi) is 59.2. The Morgan fingerprint density at radius 2 is 0.442 bits per heavy atom. The van der Waals surface area contributed by atoms with E-state index >= 15 is 0 Å². The number of phosphoric acid groups is 2. The molecule has 0 saturated heterocycles. The zero-order chi connectivity index (χ0) is 37.3. The Hall–Kier alpha value is 2.86. The predicted molar refractivity (Wildman–Crippen MR) is 209 cm³/mol. The van der Waals surface area contributed by atoms with Crippen LogP contribution in [0.3, 0.4) is 0 Å². The van der Waals surface area contributed by atoms with Crippen LogP contribution in [0.1, 0.15) is 233 Å². The topological polar surface area (TPSA) is 117 Å². The first kappa shape index (κ1) is 61.5. The molecule has 8 nitrogen and oxygen atoms in total. The maximum Gasteiger partial charge on any atom is 1.00 e. The van der Waals surface area contributed by atoms with Crippen molar-refractivity contribution in [3.63, 3.8) is 0 Å². The Bertz CT molecular complexity index is 642. The van der Waals surface area contributed by atoms with E-state index in [1.54, 1.807) is 0 Å². The molecular formula is C40H84KNaO8P2. The maximum absolute atomic E-state index is 11.6. The monoisotopic (exact) mass is 817 g/mol. The second kappa shape index (κ2) is 50.0. The largest absolute Gasteiger partial charge is 1.00 e. The summed E-state index contributed by atoms with van der Waals surface area (Å²) >= 11 is 0. The van der Waals surface area contributed by atoms with Crippen molar-refractivity contribution in [2.75, 3.05) is 26.4 Å². The fourth-order valence-electron chi connectivity index (χ4n) is 5.72. The molecule has 0 atom stereocenters. The molecular weight excluding hydrogens is 732 g/mol. The van der Waals surface area contributed by atoms with Gasteiger partial charge < -0.3 is 27.9 Å². The molecule has 0 amide bonds. The van der Waals surface area contributed by atoms with Crippen molar-refractivity contribution in [3.05, 3.63) is 0 Å². The van der Waals surface area contributed by atoms with Crippen LogP contribution in [0.4, 0.5) is 0 Å².